The topological polar surface area (TPSA) is 62.6 Å². The number of hydrogen-bond acceptors (Lipinski definition) is 4. The van der Waals surface area contributed by atoms with E-state index >= 15 is 0 Å². The van der Waals surface area contributed by atoms with Crippen molar-refractivity contribution < 1.29 is 17.6 Å². The van der Waals surface area contributed by atoms with E-state index in [1.807, 2.05) is 31.7 Å². The predicted molar refractivity (Wildman–Crippen MR) is 106 cm³/mol. The number of halogens is 1. The van der Waals surface area contributed by atoms with E-state index in [1.54, 1.807) is 0 Å². The molecule has 0 radical (unpaired) electrons. The molecule has 1 saturated heterocycles. The fourth-order valence-electron chi connectivity index (χ4n) is 3.78. The monoisotopic (exact) mass is 407 g/mol. The van der Waals surface area contributed by atoms with Crippen LogP contribution in [0, 0.1) is 19.7 Å². The first-order chi connectivity index (χ1) is 13.3. The first-order valence-corrected chi connectivity index (χ1v) is 10.9. The van der Waals surface area contributed by atoms with Crippen molar-refractivity contribution in [2.24, 2.45) is 0 Å². The third kappa shape index (κ3) is 3.90. The Hall–Kier alpha value is -2.03. The number of sulfonamides is 1. The number of aryl methyl sites for hydroxylation is 1. The predicted octanol–water partition coefficient (Wildman–Crippen LogP) is 2.45. The first kappa shape index (κ1) is 20.7. The zero-order valence-corrected chi connectivity index (χ0v) is 17.3. The molecule has 0 N–H and O–H groups in total. The van der Waals surface area contributed by atoms with Gasteiger partial charge in [-0.25, -0.2) is 12.8 Å². The molecule has 3 rings (SSSR count). The van der Waals surface area contributed by atoms with Gasteiger partial charge < -0.3 is 4.57 Å². The maximum absolute atomic E-state index is 13.9. The molecule has 0 amide bonds. The molecule has 1 aromatic carbocycles. The molecule has 1 aliphatic heterocycles. The van der Waals surface area contributed by atoms with Crippen molar-refractivity contribution in [2.45, 2.75) is 32.2 Å². The number of Topliss-reactive ketones (excluding diaryl/α,β-unsaturated/α-hetero) is 1. The molecule has 152 valence electrons. The third-order valence-electron chi connectivity index (χ3n) is 5.34. The number of nitrogens with zero attached hydrogens (tertiary/aromatic N) is 3. The van der Waals surface area contributed by atoms with Crippen molar-refractivity contribution >= 4 is 15.8 Å². The second-order valence-corrected chi connectivity index (χ2v) is 8.97. The normalized spacial score (nSPS) is 16.4. The van der Waals surface area contributed by atoms with Gasteiger partial charge in [0.05, 0.1) is 6.54 Å². The highest BCUT2D eigenvalue weighted by Gasteiger charge is 2.31. The van der Waals surface area contributed by atoms with Crippen LogP contribution in [0.2, 0.25) is 0 Å². The van der Waals surface area contributed by atoms with Crippen LogP contribution in [-0.2, 0) is 16.6 Å². The molecular weight excluding hydrogens is 381 g/mol. The Morgan fingerprint density at radius 3 is 2.32 bits per heavy atom. The van der Waals surface area contributed by atoms with Gasteiger partial charge in [0.2, 0.25) is 10.0 Å². The fraction of sp³-hybridized carbons (Fsp3) is 0.450. The van der Waals surface area contributed by atoms with Gasteiger partial charge in [-0.05, 0) is 39.0 Å². The summed E-state index contributed by atoms with van der Waals surface area (Å²) in [5.41, 5.74) is 2.75. The quantitative estimate of drug-likeness (QED) is 0.690. The number of aromatic nitrogens is 1. The van der Waals surface area contributed by atoms with Crippen LogP contribution in [-0.4, -0.2) is 60.7 Å². The van der Waals surface area contributed by atoms with Gasteiger partial charge in [0.25, 0.3) is 0 Å². The molecule has 1 aliphatic rings. The smallest absolute Gasteiger partial charge is 0.246 e. The standard InChI is InChI=1S/C20H26FN3O3S/c1-4-24-15(2)13-17(16(24)3)19(25)14-22-9-11-23(12-10-22)28(26,27)20-8-6-5-7-18(20)21/h5-8,13H,4,9-12,14H2,1-3H3. The van der Waals surface area contributed by atoms with E-state index < -0.39 is 15.8 Å². The summed E-state index contributed by atoms with van der Waals surface area (Å²) in [6, 6.07) is 7.32. The minimum atomic E-state index is -3.87. The molecule has 0 saturated carbocycles. The van der Waals surface area contributed by atoms with Crippen molar-refractivity contribution in [1.82, 2.24) is 13.8 Å². The first-order valence-electron chi connectivity index (χ1n) is 9.42. The van der Waals surface area contributed by atoms with Crippen LogP contribution in [0.4, 0.5) is 4.39 Å². The van der Waals surface area contributed by atoms with Gasteiger partial charge in [-0.3, -0.25) is 9.69 Å². The van der Waals surface area contributed by atoms with Gasteiger partial charge in [-0.2, -0.15) is 4.31 Å². The lowest BCUT2D eigenvalue weighted by Crippen LogP contribution is -2.49. The largest absolute Gasteiger partial charge is 0.349 e. The molecule has 0 spiro atoms. The highest BCUT2D eigenvalue weighted by molar-refractivity contribution is 7.89. The zero-order valence-electron chi connectivity index (χ0n) is 16.5. The maximum atomic E-state index is 13.9. The van der Waals surface area contributed by atoms with Crippen LogP contribution in [0.25, 0.3) is 0 Å². The molecule has 1 aromatic heterocycles. The van der Waals surface area contributed by atoms with Crippen molar-refractivity contribution in [3.63, 3.8) is 0 Å². The van der Waals surface area contributed by atoms with E-state index in [0.717, 1.165) is 29.6 Å². The summed E-state index contributed by atoms with van der Waals surface area (Å²) >= 11 is 0. The molecule has 0 atom stereocenters. The Balaban J connectivity index is 1.65. The summed E-state index contributed by atoms with van der Waals surface area (Å²) < 4.78 is 42.7. The Bertz CT molecular complexity index is 977. The van der Waals surface area contributed by atoms with E-state index in [1.165, 1.54) is 22.5 Å². The van der Waals surface area contributed by atoms with Gasteiger partial charge in [0.15, 0.2) is 5.78 Å². The van der Waals surface area contributed by atoms with Crippen LogP contribution >= 0.6 is 0 Å². The zero-order chi connectivity index (χ0) is 20.5. The molecule has 28 heavy (non-hydrogen) atoms. The fourth-order valence-corrected chi connectivity index (χ4v) is 5.27. The number of benzene rings is 1. The van der Waals surface area contributed by atoms with E-state index in [9.17, 15) is 17.6 Å². The summed E-state index contributed by atoms with van der Waals surface area (Å²) in [5, 5.41) is 0. The van der Waals surface area contributed by atoms with Crippen LogP contribution in [0.5, 0.6) is 0 Å². The summed E-state index contributed by atoms with van der Waals surface area (Å²) in [6.07, 6.45) is 0. The van der Waals surface area contributed by atoms with Crippen molar-refractivity contribution in [1.29, 1.82) is 0 Å². The molecular formula is C20H26FN3O3S. The Morgan fingerprint density at radius 1 is 1.11 bits per heavy atom. The van der Waals surface area contributed by atoms with E-state index in [-0.39, 0.29) is 30.3 Å². The van der Waals surface area contributed by atoms with Gasteiger partial charge in [0.1, 0.15) is 10.7 Å². The second kappa shape index (κ2) is 8.14. The number of hydrogen-bond donors (Lipinski definition) is 0. The lowest BCUT2D eigenvalue weighted by atomic mass is 10.1. The van der Waals surface area contributed by atoms with Crippen LogP contribution < -0.4 is 0 Å². The molecule has 0 aliphatic carbocycles. The van der Waals surface area contributed by atoms with Crippen molar-refractivity contribution in [2.75, 3.05) is 32.7 Å². The molecule has 2 heterocycles. The highest BCUT2D eigenvalue weighted by atomic mass is 32.2. The molecule has 6 nitrogen and oxygen atoms in total. The molecule has 0 bridgehead atoms. The molecule has 8 heteroatoms. The van der Waals surface area contributed by atoms with Crippen LogP contribution in [0.1, 0.15) is 28.7 Å². The van der Waals surface area contributed by atoms with Crippen LogP contribution in [0.3, 0.4) is 0 Å². The molecule has 0 unspecified atom stereocenters. The second-order valence-electron chi connectivity index (χ2n) is 7.06. The summed E-state index contributed by atoms with van der Waals surface area (Å²) in [7, 11) is -3.87. The van der Waals surface area contributed by atoms with Crippen molar-refractivity contribution in [3.05, 3.63) is 53.1 Å². The summed E-state index contributed by atoms with van der Waals surface area (Å²) in [5.74, 6) is -0.704. The molecule has 2 aromatic rings. The number of rotatable bonds is 6. The van der Waals surface area contributed by atoms with Gasteiger partial charge in [-0.1, -0.05) is 12.1 Å². The Labute approximate surface area is 165 Å². The van der Waals surface area contributed by atoms with Crippen LogP contribution in [0.15, 0.2) is 35.2 Å². The van der Waals surface area contributed by atoms with Gasteiger partial charge in [-0.15, -0.1) is 0 Å². The third-order valence-corrected chi connectivity index (χ3v) is 7.28. The average Bonchev–Trinajstić information content (AvgIpc) is 2.96. The lowest BCUT2D eigenvalue weighted by molar-refractivity contribution is 0.0901. The Kier molecular flexibility index (Phi) is 6.02. The Morgan fingerprint density at radius 2 is 1.75 bits per heavy atom. The minimum absolute atomic E-state index is 0.0400. The van der Waals surface area contributed by atoms with Gasteiger partial charge >= 0.3 is 0 Å². The number of piperazine rings is 1. The molecule has 1 fully saturated rings. The number of carbonyl (C=O) groups excluding carboxylic acids is 1. The van der Waals surface area contributed by atoms with Crippen molar-refractivity contribution in [3.8, 4) is 0 Å². The minimum Gasteiger partial charge on any atom is -0.349 e. The highest BCUT2D eigenvalue weighted by Crippen LogP contribution is 2.21. The number of carbonyl (C=O) groups is 1. The average molecular weight is 408 g/mol. The maximum Gasteiger partial charge on any atom is 0.246 e. The summed E-state index contributed by atoms with van der Waals surface area (Å²) in [6.45, 7) is 8.39. The van der Waals surface area contributed by atoms with E-state index in [2.05, 4.69) is 4.57 Å². The summed E-state index contributed by atoms with van der Waals surface area (Å²) in [4.78, 5) is 14.4. The number of ketones is 1. The van der Waals surface area contributed by atoms with E-state index in [0.29, 0.717) is 13.1 Å². The SMILES string of the molecule is CCn1c(C)cc(C(=O)CN2CCN(S(=O)(=O)c3ccccc3F)CC2)c1C. The lowest BCUT2D eigenvalue weighted by Gasteiger charge is -2.33. The van der Waals surface area contributed by atoms with Gasteiger partial charge in [0, 0.05) is 49.7 Å². The van der Waals surface area contributed by atoms with E-state index in [4.69, 9.17) is 0 Å².